The van der Waals surface area contributed by atoms with Crippen LogP contribution in [0.4, 0.5) is 0 Å². The second-order valence-electron chi connectivity index (χ2n) is 6.48. The zero-order chi connectivity index (χ0) is 15.7. The molecule has 3 aliphatic heterocycles. The predicted octanol–water partition coefficient (Wildman–Crippen LogP) is 0.794. The van der Waals surface area contributed by atoms with Crippen molar-refractivity contribution >= 4 is 5.91 Å². The third kappa shape index (κ3) is 3.03. The SMILES string of the molecule is O=C([C@H]1CCCO1)N1CC[C@@]2(C[C@@H](Oc3ncccn3)CO2)C1. The van der Waals surface area contributed by atoms with Crippen LogP contribution >= 0.6 is 0 Å². The lowest BCUT2D eigenvalue weighted by atomic mass is 9.98. The van der Waals surface area contributed by atoms with Gasteiger partial charge in [0.15, 0.2) is 0 Å². The summed E-state index contributed by atoms with van der Waals surface area (Å²) in [6.45, 7) is 2.56. The normalized spacial score (nSPS) is 33.5. The second-order valence-corrected chi connectivity index (χ2v) is 6.48. The van der Waals surface area contributed by atoms with Gasteiger partial charge in [0.25, 0.3) is 5.91 Å². The van der Waals surface area contributed by atoms with Crippen LogP contribution in [-0.2, 0) is 14.3 Å². The number of amides is 1. The van der Waals surface area contributed by atoms with E-state index in [0.29, 0.717) is 25.8 Å². The van der Waals surface area contributed by atoms with Crippen molar-refractivity contribution in [3.63, 3.8) is 0 Å². The number of hydrogen-bond donors (Lipinski definition) is 0. The fourth-order valence-corrected chi connectivity index (χ4v) is 3.67. The maximum Gasteiger partial charge on any atom is 0.316 e. The molecule has 0 bridgehead atoms. The molecular formula is C16H21N3O4. The molecule has 3 atom stereocenters. The highest BCUT2D eigenvalue weighted by Gasteiger charge is 2.48. The first-order valence-electron chi connectivity index (χ1n) is 8.22. The third-order valence-corrected chi connectivity index (χ3v) is 4.82. The van der Waals surface area contributed by atoms with Gasteiger partial charge >= 0.3 is 6.01 Å². The van der Waals surface area contributed by atoms with Gasteiger partial charge in [0.2, 0.25) is 0 Å². The van der Waals surface area contributed by atoms with E-state index in [9.17, 15) is 4.79 Å². The zero-order valence-electron chi connectivity index (χ0n) is 13.0. The van der Waals surface area contributed by atoms with Crippen LogP contribution in [0.5, 0.6) is 6.01 Å². The summed E-state index contributed by atoms with van der Waals surface area (Å²) in [6.07, 6.45) is 6.42. The fourth-order valence-electron chi connectivity index (χ4n) is 3.67. The average Bonchev–Trinajstić information content (AvgIpc) is 3.31. The van der Waals surface area contributed by atoms with E-state index in [1.165, 1.54) is 0 Å². The molecule has 7 heteroatoms. The summed E-state index contributed by atoms with van der Waals surface area (Å²) < 4.78 is 17.3. The molecule has 3 fully saturated rings. The Morgan fingerprint density at radius 2 is 2.26 bits per heavy atom. The molecule has 7 nitrogen and oxygen atoms in total. The summed E-state index contributed by atoms with van der Waals surface area (Å²) in [7, 11) is 0. The quantitative estimate of drug-likeness (QED) is 0.820. The summed E-state index contributed by atoms with van der Waals surface area (Å²) >= 11 is 0. The van der Waals surface area contributed by atoms with Gasteiger partial charge in [0.05, 0.1) is 12.2 Å². The minimum absolute atomic E-state index is 0.0600. The molecule has 23 heavy (non-hydrogen) atoms. The molecule has 0 aromatic carbocycles. The summed E-state index contributed by atoms with van der Waals surface area (Å²) in [5, 5.41) is 0. The van der Waals surface area contributed by atoms with E-state index >= 15 is 0 Å². The number of hydrogen-bond acceptors (Lipinski definition) is 6. The monoisotopic (exact) mass is 319 g/mol. The number of nitrogens with zero attached hydrogens (tertiary/aromatic N) is 3. The Morgan fingerprint density at radius 3 is 3.04 bits per heavy atom. The molecule has 1 amide bonds. The second kappa shape index (κ2) is 6.05. The summed E-state index contributed by atoms with van der Waals surface area (Å²) in [5.74, 6) is 0.110. The van der Waals surface area contributed by atoms with Crippen LogP contribution in [0.3, 0.4) is 0 Å². The van der Waals surface area contributed by atoms with E-state index in [4.69, 9.17) is 14.2 Å². The minimum atomic E-state index is -0.284. The number of ether oxygens (including phenoxy) is 3. The molecule has 4 heterocycles. The molecule has 1 aromatic rings. The molecule has 1 spiro atoms. The van der Waals surface area contributed by atoms with Crippen molar-refractivity contribution in [2.75, 3.05) is 26.3 Å². The number of carbonyl (C=O) groups excluding carboxylic acids is 1. The highest BCUT2D eigenvalue weighted by atomic mass is 16.6. The van der Waals surface area contributed by atoms with Gasteiger partial charge in [0, 0.05) is 38.5 Å². The Morgan fingerprint density at radius 1 is 1.39 bits per heavy atom. The summed E-state index contributed by atoms with van der Waals surface area (Å²) in [5.41, 5.74) is -0.284. The van der Waals surface area contributed by atoms with Crippen molar-refractivity contribution in [2.45, 2.75) is 43.5 Å². The largest absolute Gasteiger partial charge is 0.458 e. The topological polar surface area (TPSA) is 73.8 Å². The molecule has 1 aromatic heterocycles. The van der Waals surface area contributed by atoms with Crippen LogP contribution in [0.25, 0.3) is 0 Å². The van der Waals surface area contributed by atoms with Crippen LogP contribution in [0.15, 0.2) is 18.5 Å². The number of carbonyl (C=O) groups is 1. The van der Waals surface area contributed by atoms with Gasteiger partial charge in [-0.05, 0) is 25.3 Å². The van der Waals surface area contributed by atoms with E-state index in [1.807, 2.05) is 4.90 Å². The van der Waals surface area contributed by atoms with E-state index < -0.39 is 0 Å². The number of likely N-dealkylation sites (tertiary alicyclic amines) is 1. The molecule has 0 aliphatic carbocycles. The summed E-state index contributed by atoms with van der Waals surface area (Å²) in [4.78, 5) is 22.5. The molecule has 3 aliphatic rings. The Bertz CT molecular complexity index is 564. The van der Waals surface area contributed by atoms with Crippen LogP contribution in [0.2, 0.25) is 0 Å². The fraction of sp³-hybridized carbons (Fsp3) is 0.688. The van der Waals surface area contributed by atoms with E-state index in [1.54, 1.807) is 18.5 Å². The Hall–Kier alpha value is -1.73. The lowest BCUT2D eigenvalue weighted by molar-refractivity contribution is -0.140. The highest BCUT2D eigenvalue weighted by molar-refractivity contribution is 5.81. The Labute approximate surface area is 134 Å². The molecular weight excluding hydrogens is 298 g/mol. The van der Waals surface area contributed by atoms with Gasteiger partial charge in [-0.3, -0.25) is 4.79 Å². The first-order chi connectivity index (χ1) is 11.2. The van der Waals surface area contributed by atoms with E-state index in [2.05, 4.69) is 9.97 Å². The van der Waals surface area contributed by atoms with Gasteiger partial charge in [-0.15, -0.1) is 0 Å². The van der Waals surface area contributed by atoms with Crippen LogP contribution in [0.1, 0.15) is 25.7 Å². The smallest absolute Gasteiger partial charge is 0.316 e. The lowest BCUT2D eigenvalue weighted by Gasteiger charge is -2.24. The molecule has 3 saturated heterocycles. The van der Waals surface area contributed by atoms with Crippen molar-refractivity contribution in [3.8, 4) is 6.01 Å². The first kappa shape index (κ1) is 14.8. The lowest BCUT2D eigenvalue weighted by Crippen LogP contribution is -2.40. The van der Waals surface area contributed by atoms with Crippen LogP contribution in [-0.4, -0.2) is 64.9 Å². The Kier molecular flexibility index (Phi) is 3.90. The average molecular weight is 319 g/mol. The maximum absolute atomic E-state index is 12.5. The highest BCUT2D eigenvalue weighted by Crippen LogP contribution is 2.36. The molecule has 4 rings (SSSR count). The number of rotatable bonds is 3. The van der Waals surface area contributed by atoms with Crippen molar-refractivity contribution in [2.24, 2.45) is 0 Å². The summed E-state index contributed by atoms with van der Waals surface area (Å²) in [6, 6.07) is 2.13. The van der Waals surface area contributed by atoms with E-state index in [-0.39, 0.29) is 23.7 Å². The minimum Gasteiger partial charge on any atom is -0.458 e. The van der Waals surface area contributed by atoms with Crippen LogP contribution < -0.4 is 4.74 Å². The van der Waals surface area contributed by atoms with Gasteiger partial charge in [0.1, 0.15) is 12.2 Å². The van der Waals surface area contributed by atoms with Crippen molar-refractivity contribution < 1.29 is 19.0 Å². The Balaban J connectivity index is 1.34. The molecule has 0 unspecified atom stereocenters. The molecule has 0 saturated carbocycles. The maximum atomic E-state index is 12.5. The van der Waals surface area contributed by atoms with Crippen LogP contribution in [0, 0.1) is 0 Å². The van der Waals surface area contributed by atoms with Crippen molar-refractivity contribution in [3.05, 3.63) is 18.5 Å². The first-order valence-corrected chi connectivity index (χ1v) is 8.22. The molecule has 0 radical (unpaired) electrons. The van der Waals surface area contributed by atoms with Gasteiger partial charge in [-0.25, -0.2) is 9.97 Å². The zero-order valence-corrected chi connectivity index (χ0v) is 13.0. The van der Waals surface area contributed by atoms with Crippen molar-refractivity contribution in [1.29, 1.82) is 0 Å². The predicted molar refractivity (Wildman–Crippen MR) is 79.9 cm³/mol. The molecule has 0 N–H and O–H groups in total. The van der Waals surface area contributed by atoms with Gasteiger partial charge in [-0.1, -0.05) is 0 Å². The standard InChI is InChI=1S/C16H21N3O4/c20-14(13-3-1-8-21-13)19-7-4-16(11-19)9-12(10-22-16)23-15-17-5-2-6-18-15/h2,5-6,12-13H,1,3-4,7-11H2/t12-,13-,16-/m1/s1. The van der Waals surface area contributed by atoms with Gasteiger partial charge in [-0.2, -0.15) is 0 Å². The molecule has 124 valence electrons. The van der Waals surface area contributed by atoms with E-state index in [0.717, 1.165) is 32.2 Å². The van der Waals surface area contributed by atoms with Crippen molar-refractivity contribution in [1.82, 2.24) is 14.9 Å². The van der Waals surface area contributed by atoms with Gasteiger partial charge < -0.3 is 19.1 Å². The third-order valence-electron chi connectivity index (χ3n) is 4.82. The number of aromatic nitrogens is 2.